The van der Waals surface area contributed by atoms with Crippen molar-refractivity contribution < 1.29 is 0 Å². The van der Waals surface area contributed by atoms with Crippen LogP contribution in [0.3, 0.4) is 0 Å². The lowest BCUT2D eigenvalue weighted by Gasteiger charge is -2.30. The van der Waals surface area contributed by atoms with E-state index >= 15 is 0 Å². The fourth-order valence-corrected chi connectivity index (χ4v) is 16.8. The Kier molecular flexibility index (Phi) is 13.2. The molecule has 0 bridgehead atoms. The molecule has 0 unspecified atom stereocenters. The van der Waals surface area contributed by atoms with Crippen molar-refractivity contribution in [3.8, 4) is 33.4 Å². The SMILES string of the molecule is Cc1cc(C)cc(N(c2ccc3c(c2)C(C)(C)c2cc(C=Cc4ccc5c(c4)C(C)(C)c4cc(C=Cc6ccc7c(c6)C(C)(C)c6cc(N(c8cc(C)cc(C)c8)c8cc9ccccc9c9ccccc89)ccc6-7)ccc4-5)ccc2-3)c2cc3ccccc3c3ccccc23)c1. The second-order valence-corrected chi connectivity index (χ2v) is 28.9. The molecule has 2 nitrogen and oxygen atoms in total. The summed E-state index contributed by atoms with van der Waals surface area (Å²) in [5.74, 6) is 0. The molecule has 0 heterocycles. The van der Waals surface area contributed by atoms with E-state index in [0.29, 0.717) is 0 Å². The molecule has 3 aliphatic carbocycles. The molecule has 458 valence electrons. The minimum atomic E-state index is -0.223. The fourth-order valence-electron chi connectivity index (χ4n) is 16.8. The number of benzene rings is 14. The minimum absolute atomic E-state index is 0.174. The highest BCUT2D eigenvalue weighted by Crippen LogP contribution is 2.55. The highest BCUT2D eigenvalue weighted by atomic mass is 15.2. The van der Waals surface area contributed by atoms with Gasteiger partial charge in [-0.25, -0.2) is 0 Å². The van der Waals surface area contributed by atoms with E-state index in [2.05, 4.69) is 358 Å². The lowest BCUT2D eigenvalue weighted by molar-refractivity contribution is 0.660. The molecule has 14 aromatic rings. The van der Waals surface area contributed by atoms with Crippen LogP contribution in [0.25, 0.3) is 101 Å². The first-order valence-corrected chi connectivity index (χ1v) is 33.8. The Bertz CT molecular complexity index is 5260. The maximum absolute atomic E-state index is 2.49. The summed E-state index contributed by atoms with van der Waals surface area (Å²) >= 11 is 0. The zero-order chi connectivity index (χ0) is 64.8. The molecule has 17 rings (SSSR count). The molecule has 2 heteroatoms. The van der Waals surface area contributed by atoms with Crippen molar-refractivity contribution >= 4 is 102 Å². The van der Waals surface area contributed by atoms with Gasteiger partial charge in [-0.2, -0.15) is 0 Å². The molecule has 0 saturated heterocycles. The van der Waals surface area contributed by atoms with Gasteiger partial charge in [0, 0.05) is 49.8 Å². The van der Waals surface area contributed by atoms with E-state index in [0.717, 1.165) is 11.4 Å². The summed E-state index contributed by atoms with van der Waals surface area (Å²) in [5.41, 5.74) is 32.3. The fraction of sp³-hybridized carbons (Fsp3) is 0.140. The van der Waals surface area contributed by atoms with E-state index in [-0.39, 0.29) is 16.2 Å². The van der Waals surface area contributed by atoms with E-state index < -0.39 is 0 Å². The first-order valence-electron chi connectivity index (χ1n) is 33.8. The van der Waals surface area contributed by atoms with Crippen molar-refractivity contribution in [1.29, 1.82) is 0 Å². The van der Waals surface area contributed by atoms with Crippen LogP contribution in [0.15, 0.2) is 255 Å². The van der Waals surface area contributed by atoms with Crippen LogP contribution >= 0.6 is 0 Å². The summed E-state index contributed by atoms with van der Waals surface area (Å²) in [6, 6.07) is 96.7. The Morgan fingerprint density at radius 1 is 0.232 bits per heavy atom. The second-order valence-electron chi connectivity index (χ2n) is 28.9. The van der Waals surface area contributed by atoms with Gasteiger partial charge in [-0.05, 0) is 232 Å². The highest BCUT2D eigenvalue weighted by Gasteiger charge is 2.39. The van der Waals surface area contributed by atoms with Gasteiger partial charge < -0.3 is 9.80 Å². The molecular weight excluding hydrogens is 1150 g/mol. The zero-order valence-electron chi connectivity index (χ0n) is 56.0. The van der Waals surface area contributed by atoms with Crippen molar-refractivity contribution in [2.24, 2.45) is 0 Å². The molecule has 0 fully saturated rings. The van der Waals surface area contributed by atoms with Crippen LogP contribution in [0.4, 0.5) is 34.1 Å². The normalized spacial score (nSPS) is 14.4. The lowest BCUT2D eigenvalue weighted by atomic mass is 9.81. The Labute approximate surface area is 559 Å². The van der Waals surface area contributed by atoms with E-state index in [4.69, 9.17) is 0 Å². The van der Waals surface area contributed by atoms with Gasteiger partial charge in [-0.3, -0.25) is 0 Å². The zero-order valence-corrected chi connectivity index (χ0v) is 56.0. The molecule has 95 heavy (non-hydrogen) atoms. The van der Waals surface area contributed by atoms with Gasteiger partial charge in [0.05, 0.1) is 11.4 Å². The van der Waals surface area contributed by atoms with Crippen LogP contribution in [-0.2, 0) is 16.2 Å². The summed E-state index contributed by atoms with van der Waals surface area (Å²) in [6.07, 6.45) is 9.23. The maximum atomic E-state index is 2.49. The third-order valence-corrected chi connectivity index (χ3v) is 21.4. The Morgan fingerprint density at radius 3 is 0.811 bits per heavy atom. The molecule has 0 amide bonds. The first-order chi connectivity index (χ1) is 45.9. The summed E-state index contributed by atoms with van der Waals surface area (Å²) in [4.78, 5) is 4.99. The van der Waals surface area contributed by atoms with Gasteiger partial charge in [0.15, 0.2) is 0 Å². The third-order valence-electron chi connectivity index (χ3n) is 21.4. The number of hydrogen-bond acceptors (Lipinski definition) is 2. The van der Waals surface area contributed by atoms with Crippen LogP contribution in [0.5, 0.6) is 0 Å². The molecule has 0 saturated carbocycles. The van der Waals surface area contributed by atoms with Crippen molar-refractivity contribution in [2.45, 2.75) is 85.5 Å². The number of anilines is 6. The molecule has 0 spiro atoms. The number of hydrogen-bond donors (Lipinski definition) is 0. The Balaban J connectivity index is 0.630. The smallest absolute Gasteiger partial charge is 0.0546 e. The van der Waals surface area contributed by atoms with Crippen molar-refractivity contribution in [3.63, 3.8) is 0 Å². The molecule has 3 aliphatic rings. The van der Waals surface area contributed by atoms with Gasteiger partial charge in [0.25, 0.3) is 0 Å². The summed E-state index contributed by atoms with van der Waals surface area (Å²) in [5, 5.41) is 10.0. The Hall–Kier alpha value is -10.8. The van der Waals surface area contributed by atoms with E-state index in [1.54, 1.807) is 0 Å². The van der Waals surface area contributed by atoms with E-state index in [1.165, 1.54) is 177 Å². The van der Waals surface area contributed by atoms with Gasteiger partial charge in [0.2, 0.25) is 0 Å². The van der Waals surface area contributed by atoms with Gasteiger partial charge in [-0.1, -0.05) is 260 Å². The summed E-state index contributed by atoms with van der Waals surface area (Å²) in [6.45, 7) is 23.2. The molecule has 0 aliphatic heterocycles. The maximum Gasteiger partial charge on any atom is 0.0546 e. The van der Waals surface area contributed by atoms with Crippen LogP contribution in [0.2, 0.25) is 0 Å². The average Bonchev–Trinajstić information content (AvgIpc) is 1.67. The minimum Gasteiger partial charge on any atom is -0.310 e. The molecule has 14 aromatic carbocycles. The lowest BCUT2D eigenvalue weighted by Crippen LogP contribution is -2.17. The molecule has 0 aromatic heterocycles. The van der Waals surface area contributed by atoms with Crippen molar-refractivity contribution in [3.05, 3.63) is 333 Å². The predicted molar refractivity (Wildman–Crippen MR) is 408 cm³/mol. The van der Waals surface area contributed by atoms with Crippen LogP contribution < -0.4 is 9.80 Å². The molecule has 0 radical (unpaired) electrons. The summed E-state index contributed by atoms with van der Waals surface area (Å²) < 4.78 is 0. The topological polar surface area (TPSA) is 6.48 Å². The third kappa shape index (κ3) is 9.43. The van der Waals surface area contributed by atoms with Gasteiger partial charge in [0.1, 0.15) is 0 Å². The van der Waals surface area contributed by atoms with Gasteiger partial charge >= 0.3 is 0 Å². The van der Waals surface area contributed by atoms with Crippen LogP contribution in [0.1, 0.15) is 119 Å². The quantitative estimate of drug-likeness (QED) is 0.0995. The number of nitrogens with zero attached hydrogens (tertiary/aromatic N) is 2. The molecular formula is C93H76N2. The highest BCUT2D eigenvalue weighted by molar-refractivity contribution is 6.16. The largest absolute Gasteiger partial charge is 0.310 e. The molecule has 0 atom stereocenters. The number of rotatable bonds is 10. The monoisotopic (exact) mass is 1220 g/mol. The Morgan fingerprint density at radius 2 is 0.495 bits per heavy atom. The van der Waals surface area contributed by atoms with E-state index in [1.807, 2.05) is 0 Å². The van der Waals surface area contributed by atoms with E-state index in [9.17, 15) is 0 Å². The summed E-state index contributed by atoms with van der Waals surface area (Å²) in [7, 11) is 0. The first kappa shape index (κ1) is 58.1. The number of fused-ring (bicyclic) bond motifs is 15. The standard InChI is InChI=1S/C93H76N2/c1-57-43-58(2)46-69(45-57)94(89-53-65-19-11-13-21-71(65)73-23-15-17-25-81(73)89)67-35-41-79-77-39-33-63(51-85(77)92(7,8)87(79)55-67)29-27-61-31-37-75-76-38-32-62(50-84(76)91(5,6)83(75)49-61)28-30-64-34-40-78-80-42-36-68(56-88(80)93(9,10)86(78)52-64)95(70-47-59(3)44-60(4)48-70)90-54-66-20-12-14-22-72(66)74-24-16-18-26-82(74)90/h11-56H,1-10H3. The van der Waals surface area contributed by atoms with Crippen LogP contribution in [0, 0.1) is 27.7 Å². The second kappa shape index (κ2) is 21.6. The molecule has 0 N–H and O–H groups in total. The van der Waals surface area contributed by atoms with Crippen molar-refractivity contribution in [1.82, 2.24) is 0 Å². The van der Waals surface area contributed by atoms with Crippen LogP contribution in [-0.4, -0.2) is 0 Å². The predicted octanol–water partition coefficient (Wildman–Crippen LogP) is 25.7. The van der Waals surface area contributed by atoms with Gasteiger partial charge in [-0.15, -0.1) is 0 Å². The average molecular weight is 1220 g/mol. The number of aryl methyl sites for hydroxylation is 4. The van der Waals surface area contributed by atoms with Crippen molar-refractivity contribution in [2.75, 3.05) is 9.80 Å².